The zero-order valence-electron chi connectivity index (χ0n) is 38.7. The second kappa shape index (κ2) is 17.5. The molecule has 8 rings (SSSR count). The number of halogens is 2. The Labute approximate surface area is 399 Å². The third-order valence-corrected chi connectivity index (χ3v) is 13.8. The second-order valence-electron chi connectivity index (χ2n) is 21.2. The fraction of sp³-hybridized carbons (Fsp3) is 0.288. The largest absolute Gasteiger partial charge is 1.00 e. The Morgan fingerprint density at radius 2 is 1.00 bits per heavy atom. The summed E-state index contributed by atoms with van der Waals surface area (Å²) in [6.07, 6.45) is 7.92. The predicted octanol–water partition coefficient (Wildman–Crippen LogP) is 8.11. The second-order valence-corrected chi connectivity index (χ2v) is 22.4. The maximum atomic E-state index is 2.60. The van der Waals surface area contributed by atoms with Gasteiger partial charge in [-0.25, -0.2) is 0 Å². The average Bonchev–Trinajstić information content (AvgIpc) is 3.83. The first-order chi connectivity index (χ1) is 28.2. The van der Waals surface area contributed by atoms with Crippen molar-refractivity contribution in [2.45, 2.75) is 111 Å². The average molecular weight is 932 g/mol. The van der Waals surface area contributed by atoms with Crippen LogP contribution in [0.4, 0.5) is 0 Å². The van der Waals surface area contributed by atoms with Crippen molar-refractivity contribution >= 4 is 14.4 Å². The van der Waals surface area contributed by atoms with Crippen molar-refractivity contribution in [3.63, 3.8) is 0 Å². The minimum Gasteiger partial charge on any atom is -1.00 e. The van der Waals surface area contributed by atoms with Crippen molar-refractivity contribution in [1.82, 2.24) is 0 Å². The SMILES string of the molecule is CC(C)(C)c1ccc(C(c2ccc(C(C)(C)C)cc2)=c2c(C(C)(C)C)c(-c3ccccc3)c(C3=CC=CC3)c3c2=c2cc(C(C)(C)C)c(-c4ccccc4)cc2=[C]3[Zr+2])cc1.[Cl-].[Cl-]. The molecular formula is C59H61Cl2Zr. The Morgan fingerprint density at radius 1 is 0.500 bits per heavy atom. The van der Waals surface area contributed by atoms with Crippen molar-refractivity contribution in [2.24, 2.45) is 0 Å². The van der Waals surface area contributed by atoms with Gasteiger partial charge in [0.2, 0.25) is 0 Å². The van der Waals surface area contributed by atoms with E-state index in [2.05, 4.69) is 223 Å². The summed E-state index contributed by atoms with van der Waals surface area (Å²) in [7, 11) is 0. The van der Waals surface area contributed by atoms with Crippen LogP contribution in [0.15, 0.2) is 140 Å². The van der Waals surface area contributed by atoms with E-state index in [4.69, 9.17) is 0 Å². The number of hydrogen-bond acceptors (Lipinski definition) is 0. The Bertz CT molecular complexity index is 2860. The van der Waals surface area contributed by atoms with Crippen LogP contribution in [0.3, 0.4) is 0 Å². The van der Waals surface area contributed by atoms with Crippen LogP contribution < -0.4 is 35.3 Å². The first-order valence-corrected chi connectivity index (χ1v) is 23.1. The van der Waals surface area contributed by atoms with Gasteiger partial charge in [-0.1, -0.05) is 0 Å². The minimum absolute atomic E-state index is 0. The van der Waals surface area contributed by atoms with Gasteiger partial charge < -0.3 is 24.8 Å². The van der Waals surface area contributed by atoms with Crippen molar-refractivity contribution < 1.29 is 49.5 Å². The van der Waals surface area contributed by atoms with E-state index in [1.165, 1.54) is 127 Å². The van der Waals surface area contributed by atoms with Crippen LogP contribution in [-0.4, -0.2) is 0 Å². The van der Waals surface area contributed by atoms with Gasteiger partial charge in [-0.2, -0.15) is 0 Å². The van der Waals surface area contributed by atoms with Crippen LogP contribution in [-0.2, 0) is 46.4 Å². The van der Waals surface area contributed by atoms with E-state index in [9.17, 15) is 0 Å². The molecule has 0 heterocycles. The number of hydrogen-bond donors (Lipinski definition) is 0. The van der Waals surface area contributed by atoms with Crippen molar-refractivity contribution in [2.75, 3.05) is 0 Å². The minimum atomic E-state index is -0.222. The first kappa shape index (κ1) is 47.5. The molecule has 62 heavy (non-hydrogen) atoms. The summed E-state index contributed by atoms with van der Waals surface area (Å²) >= 11 is 1.43. The summed E-state index contributed by atoms with van der Waals surface area (Å²) in [6.45, 7) is 28.3. The van der Waals surface area contributed by atoms with Gasteiger partial charge in [-0.15, -0.1) is 0 Å². The standard InChI is InChI=1S/C59H61.2ClH.Zr/c1-56(2,3)44-31-27-41(28-32-44)50(42-29-33-45(34-30-42)57(4,5)6)54-53-47-37-49(58(7,8)9)46(38-21-15-13-16-22-38)35-43(47)36-48(53)51(39-25-19-20-26-39)52(55(54)59(10,11)12)40-23-17-14-18-24-40;;;/h13-25,27-35,37H,26H2,1-12H3;2*1H;/q;;;+2/p-2. The Morgan fingerprint density at radius 3 is 1.44 bits per heavy atom. The van der Waals surface area contributed by atoms with E-state index < -0.39 is 0 Å². The zero-order valence-corrected chi connectivity index (χ0v) is 42.7. The Hall–Kier alpha value is -4.00. The molecule has 0 aliphatic heterocycles. The van der Waals surface area contributed by atoms with E-state index in [1.54, 1.807) is 0 Å². The van der Waals surface area contributed by atoms with Crippen molar-refractivity contribution in [1.29, 1.82) is 0 Å². The fourth-order valence-electron chi connectivity index (χ4n) is 9.47. The van der Waals surface area contributed by atoms with Gasteiger partial charge in [0.05, 0.1) is 0 Å². The molecule has 6 aromatic carbocycles. The summed E-state index contributed by atoms with van der Waals surface area (Å²) in [5.74, 6) is 0. The van der Waals surface area contributed by atoms with Gasteiger partial charge in [-0.3, -0.25) is 0 Å². The molecule has 0 N–H and O–H groups in total. The molecule has 0 bridgehead atoms. The molecule has 0 spiro atoms. The van der Waals surface area contributed by atoms with Crippen molar-refractivity contribution in [3.05, 3.63) is 205 Å². The Kier molecular flexibility index (Phi) is 13.4. The van der Waals surface area contributed by atoms with E-state index in [1.807, 2.05) is 0 Å². The summed E-state index contributed by atoms with van der Waals surface area (Å²) < 4.78 is 1.44. The molecule has 0 radical (unpaired) electrons. The maximum absolute atomic E-state index is 2.60. The molecule has 0 saturated carbocycles. The van der Waals surface area contributed by atoms with Crippen LogP contribution in [0.2, 0.25) is 0 Å². The molecule has 0 fully saturated rings. The topological polar surface area (TPSA) is 0 Å². The molecule has 2 aliphatic carbocycles. The van der Waals surface area contributed by atoms with Crippen LogP contribution in [0.5, 0.6) is 0 Å². The molecule has 0 nitrogen and oxygen atoms in total. The Balaban J connectivity index is 0.00000321. The van der Waals surface area contributed by atoms with E-state index >= 15 is 0 Å². The summed E-state index contributed by atoms with van der Waals surface area (Å²) in [5.41, 5.74) is 18.6. The molecule has 0 unspecified atom stereocenters. The van der Waals surface area contributed by atoms with Crippen LogP contribution in [0.1, 0.15) is 134 Å². The summed E-state index contributed by atoms with van der Waals surface area (Å²) in [6, 6.07) is 46.6. The van der Waals surface area contributed by atoms with Crippen molar-refractivity contribution in [3.8, 4) is 22.3 Å². The zero-order chi connectivity index (χ0) is 42.9. The molecule has 0 atom stereocenters. The third kappa shape index (κ3) is 8.77. The van der Waals surface area contributed by atoms with Crippen LogP contribution in [0.25, 0.3) is 36.7 Å². The molecule has 6 aromatic rings. The molecule has 315 valence electrons. The van der Waals surface area contributed by atoms with Gasteiger partial charge in [0, 0.05) is 0 Å². The first-order valence-electron chi connectivity index (χ1n) is 21.8. The summed E-state index contributed by atoms with van der Waals surface area (Å²) in [5, 5.41) is 5.50. The van der Waals surface area contributed by atoms with Gasteiger partial charge >= 0.3 is 378 Å². The quantitative estimate of drug-likeness (QED) is 0.164. The predicted molar refractivity (Wildman–Crippen MR) is 254 cm³/mol. The number of rotatable bonds is 5. The smallest absolute Gasteiger partial charge is 1.00 e. The number of benzene rings is 6. The maximum Gasteiger partial charge on any atom is -1.00 e. The normalized spacial score (nSPS) is 13.6. The fourth-order valence-corrected chi connectivity index (χ4v) is 10.6. The molecule has 3 heteroatoms. The van der Waals surface area contributed by atoms with Gasteiger partial charge in [-0.05, 0) is 0 Å². The molecule has 0 amide bonds. The molecular weight excluding hydrogens is 871 g/mol. The number of allylic oxidation sites excluding steroid dienone is 4. The molecule has 0 aromatic heterocycles. The van der Waals surface area contributed by atoms with E-state index in [0.717, 1.165) is 6.42 Å². The monoisotopic (exact) mass is 929 g/mol. The summed E-state index contributed by atoms with van der Waals surface area (Å²) in [4.78, 5) is 0. The number of fused-ring (bicyclic) bond motifs is 2. The molecule has 2 aliphatic rings. The van der Waals surface area contributed by atoms with E-state index in [-0.39, 0.29) is 46.5 Å². The van der Waals surface area contributed by atoms with Gasteiger partial charge in [0.25, 0.3) is 0 Å². The molecule has 0 saturated heterocycles. The van der Waals surface area contributed by atoms with E-state index in [0.29, 0.717) is 0 Å². The van der Waals surface area contributed by atoms with Crippen LogP contribution >= 0.6 is 0 Å². The van der Waals surface area contributed by atoms with Gasteiger partial charge in [0.1, 0.15) is 0 Å². The van der Waals surface area contributed by atoms with Crippen LogP contribution in [0, 0.1) is 10.4 Å². The third-order valence-electron chi connectivity index (χ3n) is 12.6. The van der Waals surface area contributed by atoms with Gasteiger partial charge in [0.15, 0.2) is 0 Å².